The molecule has 5 nitrogen and oxygen atoms in total. The first-order chi connectivity index (χ1) is 11.6. The van der Waals surface area contributed by atoms with E-state index in [1.807, 2.05) is 43.3 Å². The highest BCUT2D eigenvalue weighted by molar-refractivity contribution is 5.93. The number of hydrogen-bond donors (Lipinski definition) is 2. The number of aromatic nitrogens is 1. The second kappa shape index (κ2) is 7.45. The van der Waals surface area contributed by atoms with Gasteiger partial charge in [-0.3, -0.25) is 9.78 Å². The Morgan fingerprint density at radius 2 is 2.04 bits per heavy atom. The molecule has 2 aromatic rings. The van der Waals surface area contributed by atoms with Crippen LogP contribution in [0.1, 0.15) is 28.9 Å². The summed E-state index contributed by atoms with van der Waals surface area (Å²) in [6, 6.07) is 13.1. The highest BCUT2D eigenvalue weighted by atomic mass is 16.5. The number of ether oxygens (including phenoxy) is 1. The molecule has 3 rings (SSSR count). The maximum Gasteiger partial charge on any atom is 0.252 e. The largest absolute Gasteiger partial charge is 0.488 e. The van der Waals surface area contributed by atoms with Gasteiger partial charge in [-0.15, -0.1) is 0 Å². The van der Waals surface area contributed by atoms with Crippen LogP contribution in [-0.4, -0.2) is 34.8 Å². The van der Waals surface area contributed by atoms with Gasteiger partial charge in [0.25, 0.3) is 5.91 Å². The van der Waals surface area contributed by atoms with Crippen LogP contribution >= 0.6 is 0 Å². The van der Waals surface area contributed by atoms with Crippen molar-refractivity contribution in [3.63, 3.8) is 0 Å². The van der Waals surface area contributed by atoms with Crippen molar-refractivity contribution in [3.05, 3.63) is 59.9 Å². The summed E-state index contributed by atoms with van der Waals surface area (Å²) in [5.74, 6) is 0.597. The monoisotopic (exact) mass is 326 g/mol. The zero-order valence-corrected chi connectivity index (χ0v) is 13.7. The molecule has 0 saturated heterocycles. The molecule has 126 valence electrons. The van der Waals surface area contributed by atoms with Crippen molar-refractivity contribution in [2.24, 2.45) is 5.92 Å². The third-order valence-corrected chi connectivity index (χ3v) is 4.41. The van der Waals surface area contributed by atoms with Gasteiger partial charge >= 0.3 is 0 Å². The predicted molar refractivity (Wildman–Crippen MR) is 90.9 cm³/mol. The number of aliphatic hydroxyl groups excluding tert-OH is 1. The van der Waals surface area contributed by atoms with Crippen LogP contribution in [0, 0.1) is 12.8 Å². The normalized spacial score (nSPS) is 23.0. The molecule has 1 amide bonds. The van der Waals surface area contributed by atoms with Gasteiger partial charge in [0.1, 0.15) is 11.9 Å². The van der Waals surface area contributed by atoms with Gasteiger partial charge in [0.05, 0.1) is 11.7 Å². The van der Waals surface area contributed by atoms with Crippen LogP contribution in [0.2, 0.25) is 0 Å². The second-order valence-electron chi connectivity index (χ2n) is 6.20. The summed E-state index contributed by atoms with van der Waals surface area (Å²) in [5.41, 5.74) is 1.41. The minimum atomic E-state index is -0.582. The van der Waals surface area contributed by atoms with Crippen LogP contribution in [0.5, 0.6) is 5.75 Å². The number of para-hydroxylation sites is 1. The summed E-state index contributed by atoms with van der Waals surface area (Å²) in [4.78, 5) is 16.3. The van der Waals surface area contributed by atoms with Crippen LogP contribution in [0.25, 0.3) is 0 Å². The standard InChI is InChI=1S/C19H22N2O3/c1-13-7-8-15(12-20-13)19(23)21-11-14-9-10-17(18(14)22)24-16-5-3-2-4-6-16/h2-8,12,14,17-18,22H,9-11H2,1H3,(H,21,23)/t14-,17-,18-/m1/s1. The van der Waals surface area contributed by atoms with E-state index in [9.17, 15) is 9.90 Å². The number of carbonyl (C=O) groups is 1. The van der Waals surface area contributed by atoms with Crippen molar-refractivity contribution in [3.8, 4) is 5.75 Å². The molecular formula is C19H22N2O3. The lowest BCUT2D eigenvalue weighted by Gasteiger charge is -2.21. The molecule has 1 aromatic carbocycles. The zero-order chi connectivity index (χ0) is 16.9. The number of aryl methyl sites for hydroxylation is 1. The number of carbonyl (C=O) groups excluding carboxylic acids is 1. The van der Waals surface area contributed by atoms with E-state index in [-0.39, 0.29) is 17.9 Å². The van der Waals surface area contributed by atoms with Crippen LogP contribution in [0.3, 0.4) is 0 Å². The van der Waals surface area contributed by atoms with Crippen molar-refractivity contribution >= 4 is 5.91 Å². The Morgan fingerprint density at radius 3 is 2.75 bits per heavy atom. The molecule has 1 aromatic heterocycles. The van der Waals surface area contributed by atoms with Crippen LogP contribution in [0.4, 0.5) is 0 Å². The maximum absolute atomic E-state index is 12.1. The van der Waals surface area contributed by atoms with Gasteiger partial charge in [-0.2, -0.15) is 0 Å². The third-order valence-electron chi connectivity index (χ3n) is 4.41. The van der Waals surface area contributed by atoms with E-state index < -0.39 is 6.10 Å². The molecule has 1 saturated carbocycles. The number of pyridine rings is 1. The molecule has 1 aliphatic carbocycles. The summed E-state index contributed by atoms with van der Waals surface area (Å²) < 4.78 is 5.85. The number of aliphatic hydroxyl groups is 1. The van der Waals surface area contributed by atoms with Gasteiger partial charge in [0.15, 0.2) is 0 Å². The molecule has 1 aliphatic rings. The molecule has 24 heavy (non-hydrogen) atoms. The van der Waals surface area contributed by atoms with E-state index in [0.29, 0.717) is 12.1 Å². The fourth-order valence-corrected chi connectivity index (χ4v) is 2.98. The Bertz CT molecular complexity index is 673. The maximum atomic E-state index is 12.1. The Labute approximate surface area is 141 Å². The van der Waals surface area contributed by atoms with Crippen molar-refractivity contribution in [2.75, 3.05) is 6.54 Å². The Balaban J connectivity index is 1.51. The first-order valence-corrected chi connectivity index (χ1v) is 8.24. The Morgan fingerprint density at radius 1 is 1.25 bits per heavy atom. The quantitative estimate of drug-likeness (QED) is 0.885. The molecule has 0 unspecified atom stereocenters. The lowest BCUT2D eigenvalue weighted by Crippen LogP contribution is -2.37. The van der Waals surface area contributed by atoms with Crippen LogP contribution in [-0.2, 0) is 0 Å². The molecule has 3 atom stereocenters. The predicted octanol–water partition coefficient (Wildman–Crippen LogP) is 2.34. The molecule has 1 fully saturated rings. The molecule has 0 radical (unpaired) electrons. The van der Waals surface area contributed by atoms with E-state index in [4.69, 9.17) is 4.74 Å². The average Bonchev–Trinajstić information content (AvgIpc) is 2.94. The number of benzene rings is 1. The molecule has 0 bridgehead atoms. The third kappa shape index (κ3) is 3.92. The summed E-state index contributed by atoms with van der Waals surface area (Å²) in [5, 5.41) is 13.3. The van der Waals surface area contributed by atoms with E-state index in [0.717, 1.165) is 24.3 Å². The Hall–Kier alpha value is -2.40. The summed E-state index contributed by atoms with van der Waals surface area (Å²) in [7, 11) is 0. The van der Waals surface area contributed by atoms with Gasteiger partial charge in [0.2, 0.25) is 0 Å². The molecule has 5 heteroatoms. The first-order valence-electron chi connectivity index (χ1n) is 8.24. The molecule has 2 N–H and O–H groups in total. The van der Waals surface area contributed by atoms with Crippen molar-refractivity contribution in [1.82, 2.24) is 10.3 Å². The summed E-state index contributed by atoms with van der Waals surface area (Å²) in [6.07, 6.45) is 2.36. The molecule has 0 spiro atoms. The number of rotatable bonds is 5. The van der Waals surface area contributed by atoms with Crippen LogP contribution < -0.4 is 10.1 Å². The summed E-state index contributed by atoms with van der Waals surface area (Å²) >= 11 is 0. The topological polar surface area (TPSA) is 71.5 Å². The highest BCUT2D eigenvalue weighted by Crippen LogP contribution is 2.29. The first kappa shape index (κ1) is 16.5. The second-order valence-corrected chi connectivity index (χ2v) is 6.20. The van der Waals surface area contributed by atoms with Gasteiger partial charge in [-0.1, -0.05) is 18.2 Å². The van der Waals surface area contributed by atoms with Crippen molar-refractivity contribution in [1.29, 1.82) is 0 Å². The van der Waals surface area contributed by atoms with Gasteiger partial charge in [-0.05, 0) is 44.0 Å². The number of nitrogens with zero attached hydrogens (tertiary/aromatic N) is 1. The van der Waals surface area contributed by atoms with Crippen molar-refractivity contribution in [2.45, 2.75) is 32.0 Å². The highest BCUT2D eigenvalue weighted by Gasteiger charge is 2.36. The number of hydrogen-bond acceptors (Lipinski definition) is 4. The minimum absolute atomic E-state index is 0.000991. The van der Waals surface area contributed by atoms with E-state index >= 15 is 0 Å². The average molecular weight is 326 g/mol. The lowest BCUT2D eigenvalue weighted by atomic mass is 10.1. The van der Waals surface area contributed by atoms with Gasteiger partial charge in [0, 0.05) is 24.4 Å². The van der Waals surface area contributed by atoms with E-state index in [1.165, 1.54) is 0 Å². The Kier molecular flexibility index (Phi) is 5.11. The van der Waals surface area contributed by atoms with Gasteiger partial charge < -0.3 is 15.2 Å². The molecule has 1 heterocycles. The van der Waals surface area contributed by atoms with E-state index in [1.54, 1.807) is 12.3 Å². The lowest BCUT2D eigenvalue weighted by molar-refractivity contribution is 0.0348. The van der Waals surface area contributed by atoms with Gasteiger partial charge in [-0.25, -0.2) is 0 Å². The number of amides is 1. The fraction of sp³-hybridized carbons (Fsp3) is 0.368. The smallest absolute Gasteiger partial charge is 0.252 e. The minimum Gasteiger partial charge on any atom is -0.488 e. The molecular weight excluding hydrogens is 304 g/mol. The van der Waals surface area contributed by atoms with Crippen LogP contribution in [0.15, 0.2) is 48.7 Å². The molecule has 0 aliphatic heterocycles. The SMILES string of the molecule is Cc1ccc(C(=O)NC[C@H]2CC[C@@H](Oc3ccccc3)[C@@H]2O)cn1. The fourth-order valence-electron chi connectivity index (χ4n) is 2.98. The zero-order valence-electron chi connectivity index (χ0n) is 13.7. The van der Waals surface area contributed by atoms with E-state index in [2.05, 4.69) is 10.3 Å². The summed E-state index contributed by atoms with van der Waals surface area (Å²) in [6.45, 7) is 2.31. The number of nitrogens with one attached hydrogen (secondary N) is 1. The van der Waals surface area contributed by atoms with Crippen molar-refractivity contribution < 1.29 is 14.6 Å².